The van der Waals surface area contributed by atoms with Crippen LogP contribution in [-0.2, 0) is 4.74 Å². The van der Waals surface area contributed by atoms with Crippen LogP contribution in [0.1, 0.15) is 40.5 Å². The molecule has 0 spiro atoms. The number of esters is 1. The average Bonchev–Trinajstić information content (AvgIpc) is 3.00. The molecule has 0 unspecified atom stereocenters. The lowest BCUT2D eigenvalue weighted by Crippen LogP contribution is -2.07. The van der Waals surface area contributed by atoms with E-state index in [9.17, 15) is 13.6 Å². The molecule has 3 rings (SSSR count). The maximum absolute atomic E-state index is 13.5. The van der Waals surface area contributed by atoms with E-state index in [-0.39, 0.29) is 23.5 Å². The Morgan fingerprint density at radius 2 is 2.00 bits per heavy atom. The van der Waals surface area contributed by atoms with E-state index in [0.717, 1.165) is 15.6 Å². The van der Waals surface area contributed by atoms with Crippen LogP contribution in [0.3, 0.4) is 0 Å². The number of nitrogens with zero attached hydrogens (tertiary/aromatic N) is 3. The normalized spacial score (nSPS) is 11.3. The van der Waals surface area contributed by atoms with Gasteiger partial charge < -0.3 is 4.74 Å². The van der Waals surface area contributed by atoms with Gasteiger partial charge in [0.05, 0.1) is 18.5 Å². The largest absolute Gasteiger partial charge is 0.462 e. The smallest absolute Gasteiger partial charge is 0.343 e. The number of rotatable bonds is 4. The summed E-state index contributed by atoms with van der Waals surface area (Å²) in [6, 6.07) is 6.89. The van der Waals surface area contributed by atoms with Gasteiger partial charge in [-0.25, -0.2) is 23.1 Å². The van der Waals surface area contributed by atoms with Crippen LogP contribution in [0.4, 0.5) is 8.78 Å². The lowest BCUT2D eigenvalue weighted by Gasteiger charge is -2.10. The molecule has 2 heterocycles. The summed E-state index contributed by atoms with van der Waals surface area (Å²) in [5, 5.41) is 3.88. The van der Waals surface area contributed by atoms with Gasteiger partial charge in [-0.15, -0.1) is 0 Å². The Morgan fingerprint density at radius 3 is 2.64 bits per heavy atom. The lowest BCUT2D eigenvalue weighted by molar-refractivity contribution is 0.0528. The van der Waals surface area contributed by atoms with Crippen LogP contribution in [0, 0.1) is 13.8 Å². The molecule has 0 aliphatic heterocycles. The van der Waals surface area contributed by atoms with Crippen molar-refractivity contribution in [3.8, 4) is 11.3 Å². The Kier molecular flexibility index (Phi) is 4.48. The van der Waals surface area contributed by atoms with Crippen molar-refractivity contribution >= 4 is 11.6 Å². The summed E-state index contributed by atoms with van der Waals surface area (Å²) in [6.07, 6.45) is -1.55. The van der Waals surface area contributed by atoms with Crippen LogP contribution >= 0.6 is 0 Å². The highest BCUT2D eigenvalue weighted by Crippen LogP contribution is 2.28. The summed E-state index contributed by atoms with van der Waals surface area (Å²) in [4.78, 5) is 16.4. The topological polar surface area (TPSA) is 56.5 Å². The highest BCUT2D eigenvalue weighted by molar-refractivity contribution is 5.96. The first-order valence-corrected chi connectivity index (χ1v) is 7.84. The van der Waals surface area contributed by atoms with Gasteiger partial charge in [-0.05, 0) is 44.0 Å². The number of alkyl halides is 2. The van der Waals surface area contributed by atoms with E-state index in [2.05, 4.69) is 10.1 Å². The van der Waals surface area contributed by atoms with Crippen LogP contribution in [0.2, 0.25) is 0 Å². The predicted octanol–water partition coefficient (Wildman–Crippen LogP) is 4.13. The molecular weight excluding hydrogens is 328 g/mol. The molecule has 0 saturated carbocycles. The Morgan fingerprint density at radius 1 is 1.24 bits per heavy atom. The van der Waals surface area contributed by atoms with E-state index in [4.69, 9.17) is 4.74 Å². The molecule has 5 nitrogen and oxygen atoms in total. The van der Waals surface area contributed by atoms with Crippen LogP contribution in [0.15, 0.2) is 30.5 Å². The molecule has 0 amide bonds. The van der Waals surface area contributed by atoms with Gasteiger partial charge in [0.1, 0.15) is 11.3 Å². The molecule has 2 aromatic heterocycles. The zero-order valence-corrected chi connectivity index (χ0v) is 14.1. The van der Waals surface area contributed by atoms with E-state index in [1.807, 2.05) is 32.0 Å². The predicted molar refractivity (Wildman–Crippen MR) is 88.8 cm³/mol. The first-order chi connectivity index (χ1) is 11.9. The van der Waals surface area contributed by atoms with E-state index in [0.29, 0.717) is 11.3 Å². The van der Waals surface area contributed by atoms with Gasteiger partial charge >= 0.3 is 5.97 Å². The van der Waals surface area contributed by atoms with E-state index in [1.54, 1.807) is 6.92 Å². The third-order valence-electron chi connectivity index (χ3n) is 4.02. The van der Waals surface area contributed by atoms with Crippen LogP contribution in [-0.4, -0.2) is 27.2 Å². The highest BCUT2D eigenvalue weighted by atomic mass is 19.3. The number of aryl methyl sites for hydroxylation is 2. The SMILES string of the molecule is CCOC(=O)c1cnn2c(C(F)F)cc(-c3ccc(C)c(C)c3)nc12. The van der Waals surface area contributed by atoms with E-state index >= 15 is 0 Å². The number of hydrogen-bond donors (Lipinski definition) is 0. The van der Waals surface area contributed by atoms with Gasteiger partial charge in [-0.1, -0.05) is 12.1 Å². The minimum Gasteiger partial charge on any atom is -0.462 e. The minimum absolute atomic E-state index is 0.0597. The monoisotopic (exact) mass is 345 g/mol. The molecule has 130 valence electrons. The van der Waals surface area contributed by atoms with Crippen LogP contribution < -0.4 is 0 Å². The zero-order valence-electron chi connectivity index (χ0n) is 14.1. The number of hydrogen-bond acceptors (Lipinski definition) is 4. The van der Waals surface area contributed by atoms with Crippen molar-refractivity contribution < 1.29 is 18.3 Å². The fraction of sp³-hybridized carbons (Fsp3) is 0.278. The summed E-state index contributed by atoms with van der Waals surface area (Å²) in [5.74, 6) is -0.637. The molecule has 25 heavy (non-hydrogen) atoms. The average molecular weight is 345 g/mol. The number of ether oxygens (including phenoxy) is 1. The Balaban J connectivity index is 2.24. The van der Waals surface area contributed by atoms with Crippen molar-refractivity contribution in [3.63, 3.8) is 0 Å². The van der Waals surface area contributed by atoms with Gasteiger partial charge in [-0.2, -0.15) is 5.10 Å². The second-order valence-corrected chi connectivity index (χ2v) is 5.68. The zero-order chi connectivity index (χ0) is 18.1. The van der Waals surface area contributed by atoms with Crippen molar-refractivity contribution in [1.29, 1.82) is 0 Å². The summed E-state index contributed by atoms with van der Waals surface area (Å²) in [7, 11) is 0. The molecule has 0 N–H and O–H groups in total. The lowest BCUT2D eigenvalue weighted by atomic mass is 10.0. The van der Waals surface area contributed by atoms with E-state index in [1.165, 1.54) is 12.3 Å². The quantitative estimate of drug-likeness (QED) is 0.667. The molecule has 0 atom stereocenters. The van der Waals surface area contributed by atoms with Crippen LogP contribution in [0.25, 0.3) is 16.9 Å². The second-order valence-electron chi connectivity index (χ2n) is 5.68. The van der Waals surface area contributed by atoms with Gasteiger partial charge in [0.2, 0.25) is 0 Å². The molecule has 1 aromatic carbocycles. The third-order valence-corrected chi connectivity index (χ3v) is 4.02. The molecule has 0 bridgehead atoms. The highest BCUT2D eigenvalue weighted by Gasteiger charge is 2.22. The van der Waals surface area contributed by atoms with Gasteiger partial charge in [0.25, 0.3) is 6.43 Å². The Hall–Kier alpha value is -2.83. The molecule has 0 saturated heterocycles. The molecule has 0 radical (unpaired) electrons. The number of carbonyl (C=O) groups is 1. The van der Waals surface area contributed by atoms with Crippen molar-refractivity contribution in [2.45, 2.75) is 27.2 Å². The number of halogens is 2. The summed E-state index contributed by atoms with van der Waals surface area (Å²) in [5.41, 5.74) is 2.97. The minimum atomic E-state index is -2.76. The summed E-state index contributed by atoms with van der Waals surface area (Å²) >= 11 is 0. The fourth-order valence-corrected chi connectivity index (χ4v) is 2.54. The first-order valence-electron chi connectivity index (χ1n) is 7.84. The van der Waals surface area contributed by atoms with Crippen molar-refractivity contribution in [2.75, 3.05) is 6.61 Å². The Labute approximate surface area is 143 Å². The summed E-state index contributed by atoms with van der Waals surface area (Å²) < 4.78 is 32.9. The van der Waals surface area contributed by atoms with E-state index < -0.39 is 12.4 Å². The maximum Gasteiger partial charge on any atom is 0.343 e. The number of aromatic nitrogens is 3. The van der Waals surface area contributed by atoms with Gasteiger partial charge in [-0.3, -0.25) is 0 Å². The first kappa shape index (κ1) is 17.0. The van der Waals surface area contributed by atoms with Crippen molar-refractivity contribution in [1.82, 2.24) is 14.6 Å². The standard InChI is InChI=1S/C18H17F2N3O2/c1-4-25-18(24)13-9-21-23-15(16(19)20)8-14(22-17(13)23)12-6-5-10(2)11(3)7-12/h5-9,16H,4H2,1-3H3. The molecule has 3 aromatic rings. The maximum atomic E-state index is 13.5. The number of fused-ring (bicyclic) bond motifs is 1. The molecule has 7 heteroatoms. The van der Waals surface area contributed by atoms with Crippen molar-refractivity contribution in [2.24, 2.45) is 0 Å². The van der Waals surface area contributed by atoms with Gasteiger partial charge in [0.15, 0.2) is 5.65 Å². The molecule has 0 aliphatic carbocycles. The summed E-state index contributed by atoms with van der Waals surface area (Å²) in [6.45, 7) is 5.75. The second kappa shape index (κ2) is 6.58. The number of carbonyl (C=O) groups excluding carboxylic acids is 1. The molecule has 0 aliphatic rings. The van der Waals surface area contributed by atoms with Gasteiger partial charge in [0, 0.05) is 5.56 Å². The third kappa shape index (κ3) is 3.09. The molecular formula is C18H17F2N3O2. The molecule has 0 fully saturated rings. The Bertz CT molecular complexity index is 951. The van der Waals surface area contributed by atoms with Crippen LogP contribution in [0.5, 0.6) is 0 Å². The van der Waals surface area contributed by atoms with Crippen molar-refractivity contribution in [3.05, 3.63) is 52.8 Å². The number of benzene rings is 1. The fourth-order valence-electron chi connectivity index (χ4n) is 2.54.